The molecule has 0 atom stereocenters. The number of anilines is 1. The average molecular weight is 250 g/mol. The first-order chi connectivity index (χ1) is 7.78. The van der Waals surface area contributed by atoms with Crippen molar-refractivity contribution >= 4 is 28.6 Å². The lowest BCUT2D eigenvalue weighted by Crippen LogP contribution is -1.98. The molecule has 0 aliphatic carbocycles. The molecule has 0 aliphatic rings. The van der Waals surface area contributed by atoms with Crippen LogP contribution in [0.1, 0.15) is 10.6 Å². The predicted molar refractivity (Wildman–Crippen MR) is 65.6 cm³/mol. The first kappa shape index (κ1) is 10.9. The molecule has 3 nitrogen and oxygen atoms in total. The highest BCUT2D eigenvalue weighted by Crippen LogP contribution is 2.19. The van der Waals surface area contributed by atoms with Gasteiger partial charge in [-0.1, -0.05) is 11.6 Å². The SMILES string of the molecule is N#Cc1cc(Cl)cc(NCc2nccs2)c1. The Bertz CT molecular complexity index is 517. The van der Waals surface area contributed by atoms with Crippen molar-refractivity contribution in [2.75, 3.05) is 5.32 Å². The monoisotopic (exact) mass is 249 g/mol. The van der Waals surface area contributed by atoms with Crippen molar-refractivity contribution in [3.05, 3.63) is 45.4 Å². The summed E-state index contributed by atoms with van der Waals surface area (Å²) in [6, 6.07) is 7.25. The topological polar surface area (TPSA) is 48.7 Å². The van der Waals surface area contributed by atoms with Gasteiger partial charge in [-0.15, -0.1) is 11.3 Å². The molecule has 0 amide bonds. The van der Waals surface area contributed by atoms with Crippen LogP contribution in [0.5, 0.6) is 0 Å². The highest BCUT2D eigenvalue weighted by Gasteiger charge is 2.00. The van der Waals surface area contributed by atoms with E-state index in [4.69, 9.17) is 16.9 Å². The number of hydrogen-bond acceptors (Lipinski definition) is 4. The molecular formula is C11H8ClN3S. The molecule has 0 radical (unpaired) electrons. The molecule has 0 saturated heterocycles. The van der Waals surface area contributed by atoms with Gasteiger partial charge >= 0.3 is 0 Å². The van der Waals surface area contributed by atoms with Gasteiger partial charge in [0.1, 0.15) is 5.01 Å². The molecule has 1 aromatic carbocycles. The second-order valence-corrected chi connectivity index (χ2v) is 4.54. The number of nitriles is 1. The minimum absolute atomic E-state index is 0.550. The largest absolute Gasteiger partial charge is 0.378 e. The van der Waals surface area contributed by atoms with Gasteiger partial charge in [0, 0.05) is 22.3 Å². The van der Waals surface area contributed by atoms with Crippen LogP contribution in [0.15, 0.2) is 29.8 Å². The molecule has 80 valence electrons. The third-order valence-corrected chi connectivity index (χ3v) is 2.95. The lowest BCUT2D eigenvalue weighted by molar-refractivity contribution is 1.10. The first-order valence-corrected chi connectivity index (χ1v) is 5.86. The van der Waals surface area contributed by atoms with E-state index >= 15 is 0 Å². The van der Waals surface area contributed by atoms with Crippen LogP contribution in [-0.4, -0.2) is 4.98 Å². The zero-order valence-corrected chi connectivity index (χ0v) is 9.85. The van der Waals surface area contributed by atoms with Crippen molar-refractivity contribution in [1.82, 2.24) is 4.98 Å². The molecular weight excluding hydrogens is 242 g/mol. The van der Waals surface area contributed by atoms with E-state index in [1.807, 2.05) is 5.38 Å². The van der Waals surface area contributed by atoms with Gasteiger partial charge in [0.2, 0.25) is 0 Å². The van der Waals surface area contributed by atoms with Crippen molar-refractivity contribution in [2.45, 2.75) is 6.54 Å². The standard InChI is InChI=1S/C11H8ClN3S/c12-9-3-8(6-13)4-10(5-9)15-7-11-14-1-2-16-11/h1-5,15H,7H2. The van der Waals surface area contributed by atoms with Gasteiger partial charge in [-0.25, -0.2) is 4.98 Å². The molecule has 0 spiro atoms. The van der Waals surface area contributed by atoms with E-state index in [9.17, 15) is 0 Å². The van der Waals surface area contributed by atoms with Crippen LogP contribution in [0.2, 0.25) is 5.02 Å². The first-order valence-electron chi connectivity index (χ1n) is 4.61. The summed E-state index contributed by atoms with van der Waals surface area (Å²) in [5.74, 6) is 0. The van der Waals surface area contributed by atoms with Crippen LogP contribution in [0.3, 0.4) is 0 Å². The number of benzene rings is 1. The molecule has 0 bridgehead atoms. The maximum atomic E-state index is 8.79. The Kier molecular flexibility index (Phi) is 3.40. The van der Waals surface area contributed by atoms with Gasteiger partial charge in [-0.05, 0) is 18.2 Å². The Balaban J connectivity index is 2.10. The van der Waals surface area contributed by atoms with Crippen LogP contribution in [0, 0.1) is 11.3 Å². The van der Waals surface area contributed by atoms with Gasteiger partial charge in [0.25, 0.3) is 0 Å². The van der Waals surface area contributed by atoms with E-state index < -0.39 is 0 Å². The van der Waals surface area contributed by atoms with E-state index in [2.05, 4.69) is 16.4 Å². The maximum absolute atomic E-state index is 8.79. The number of nitrogens with one attached hydrogen (secondary N) is 1. The van der Waals surface area contributed by atoms with Crippen molar-refractivity contribution < 1.29 is 0 Å². The summed E-state index contributed by atoms with van der Waals surface area (Å²) in [5.41, 5.74) is 1.38. The number of halogens is 1. The molecule has 0 unspecified atom stereocenters. The van der Waals surface area contributed by atoms with E-state index in [-0.39, 0.29) is 0 Å². The van der Waals surface area contributed by atoms with Gasteiger partial charge < -0.3 is 5.32 Å². The quantitative estimate of drug-likeness (QED) is 0.908. The number of nitrogens with zero attached hydrogens (tertiary/aromatic N) is 2. The molecule has 1 N–H and O–H groups in total. The molecule has 5 heteroatoms. The molecule has 0 saturated carbocycles. The van der Waals surface area contributed by atoms with Crippen LogP contribution >= 0.6 is 22.9 Å². The van der Waals surface area contributed by atoms with Crippen molar-refractivity contribution in [3.8, 4) is 6.07 Å². The number of rotatable bonds is 3. The summed E-state index contributed by atoms with van der Waals surface area (Å²) in [6.07, 6.45) is 1.76. The summed E-state index contributed by atoms with van der Waals surface area (Å²) in [6.45, 7) is 0.642. The van der Waals surface area contributed by atoms with Crippen molar-refractivity contribution in [1.29, 1.82) is 5.26 Å². The fraction of sp³-hybridized carbons (Fsp3) is 0.0909. The lowest BCUT2D eigenvalue weighted by Gasteiger charge is -2.05. The van der Waals surface area contributed by atoms with E-state index in [0.717, 1.165) is 10.7 Å². The molecule has 1 heterocycles. The van der Waals surface area contributed by atoms with Gasteiger partial charge in [-0.3, -0.25) is 0 Å². The molecule has 1 aromatic heterocycles. The van der Waals surface area contributed by atoms with E-state index in [0.29, 0.717) is 17.1 Å². The van der Waals surface area contributed by atoms with Crippen LogP contribution < -0.4 is 5.32 Å². The Morgan fingerprint density at radius 1 is 1.44 bits per heavy atom. The zero-order valence-electron chi connectivity index (χ0n) is 8.27. The van der Waals surface area contributed by atoms with Gasteiger partial charge in [-0.2, -0.15) is 5.26 Å². The third kappa shape index (κ3) is 2.72. The minimum Gasteiger partial charge on any atom is -0.378 e. The molecule has 2 aromatic rings. The smallest absolute Gasteiger partial charge is 0.112 e. The lowest BCUT2D eigenvalue weighted by atomic mass is 10.2. The number of aromatic nitrogens is 1. The van der Waals surface area contributed by atoms with Crippen LogP contribution in [0.25, 0.3) is 0 Å². The predicted octanol–water partition coefficient (Wildman–Crippen LogP) is 3.28. The molecule has 2 rings (SSSR count). The van der Waals surface area contributed by atoms with Crippen molar-refractivity contribution in [3.63, 3.8) is 0 Å². The summed E-state index contributed by atoms with van der Waals surface area (Å²) in [7, 11) is 0. The molecule has 0 aliphatic heterocycles. The fourth-order valence-electron chi connectivity index (χ4n) is 1.27. The van der Waals surface area contributed by atoms with Gasteiger partial charge in [0.15, 0.2) is 0 Å². The van der Waals surface area contributed by atoms with Crippen LogP contribution in [0.4, 0.5) is 5.69 Å². The highest BCUT2D eigenvalue weighted by molar-refractivity contribution is 7.09. The van der Waals surface area contributed by atoms with E-state index in [1.54, 1.807) is 35.7 Å². The number of thiazole rings is 1. The second kappa shape index (κ2) is 4.97. The average Bonchev–Trinajstić information content (AvgIpc) is 2.78. The molecule has 16 heavy (non-hydrogen) atoms. The highest BCUT2D eigenvalue weighted by atomic mass is 35.5. The molecule has 0 fully saturated rings. The summed E-state index contributed by atoms with van der Waals surface area (Å²) in [5, 5.41) is 15.4. The Morgan fingerprint density at radius 3 is 3.00 bits per heavy atom. The Morgan fingerprint density at radius 2 is 2.31 bits per heavy atom. The van der Waals surface area contributed by atoms with E-state index in [1.165, 1.54) is 0 Å². The minimum atomic E-state index is 0.550. The second-order valence-electron chi connectivity index (χ2n) is 3.12. The zero-order chi connectivity index (χ0) is 11.4. The summed E-state index contributed by atoms with van der Waals surface area (Å²) in [4.78, 5) is 4.15. The summed E-state index contributed by atoms with van der Waals surface area (Å²) >= 11 is 7.47. The summed E-state index contributed by atoms with van der Waals surface area (Å²) < 4.78 is 0. The normalized spacial score (nSPS) is 9.75. The fourth-order valence-corrected chi connectivity index (χ4v) is 2.07. The van der Waals surface area contributed by atoms with Crippen molar-refractivity contribution in [2.24, 2.45) is 0 Å². The third-order valence-electron chi connectivity index (χ3n) is 1.95. The Labute approximate surface area is 102 Å². The van der Waals surface area contributed by atoms with Crippen LogP contribution in [-0.2, 0) is 6.54 Å². The number of hydrogen-bond donors (Lipinski definition) is 1. The Hall–Kier alpha value is -1.57. The maximum Gasteiger partial charge on any atom is 0.112 e. The van der Waals surface area contributed by atoms with Gasteiger partial charge in [0.05, 0.1) is 18.2 Å².